The van der Waals surface area contributed by atoms with Crippen LogP contribution in [0.3, 0.4) is 0 Å². The van der Waals surface area contributed by atoms with E-state index in [1.54, 1.807) is 24.3 Å². The summed E-state index contributed by atoms with van der Waals surface area (Å²) in [6.07, 6.45) is -2.84. The summed E-state index contributed by atoms with van der Waals surface area (Å²) in [5.74, 6) is -0.797. The highest BCUT2D eigenvalue weighted by atomic mass is 16.7. The SMILES string of the molecule is CC(=O)O[C@@H](C)C(=O)NCc1cccc(-c2ccc([C@@H]3O[C@H](CN(C)C[C@@H](O)c4cccc(O)c4)[C@H](C)[C@H](c4ccc(CO)cc4)O3)cc2)c1. The lowest BCUT2D eigenvalue weighted by Gasteiger charge is -2.42. The second-order valence-corrected chi connectivity index (χ2v) is 12.9. The van der Waals surface area contributed by atoms with E-state index in [-0.39, 0.29) is 36.4 Å². The molecule has 50 heavy (non-hydrogen) atoms. The number of hydrogen-bond acceptors (Lipinski definition) is 9. The zero-order chi connectivity index (χ0) is 35.8. The molecule has 1 fully saturated rings. The van der Waals surface area contributed by atoms with Gasteiger partial charge >= 0.3 is 5.97 Å². The summed E-state index contributed by atoms with van der Waals surface area (Å²) in [4.78, 5) is 25.5. The van der Waals surface area contributed by atoms with Crippen molar-refractivity contribution < 1.29 is 39.1 Å². The number of esters is 1. The van der Waals surface area contributed by atoms with Crippen molar-refractivity contribution in [2.24, 2.45) is 5.92 Å². The number of nitrogens with one attached hydrogen (secondary N) is 1. The van der Waals surface area contributed by atoms with Crippen LogP contribution in [0.5, 0.6) is 5.75 Å². The number of ether oxygens (including phenoxy) is 3. The molecule has 10 nitrogen and oxygen atoms in total. The lowest BCUT2D eigenvalue weighted by Crippen LogP contribution is -2.44. The van der Waals surface area contributed by atoms with Crippen LogP contribution in [0.1, 0.15) is 67.1 Å². The molecule has 0 aromatic heterocycles. The Balaban J connectivity index is 1.31. The first-order valence-electron chi connectivity index (χ1n) is 16.8. The van der Waals surface area contributed by atoms with E-state index in [0.717, 1.165) is 33.4 Å². The molecule has 1 aliphatic rings. The minimum Gasteiger partial charge on any atom is -0.508 e. The van der Waals surface area contributed by atoms with Gasteiger partial charge in [-0.25, -0.2) is 0 Å². The molecular weight excluding hydrogens is 636 g/mol. The average Bonchev–Trinajstić information content (AvgIpc) is 3.11. The molecule has 0 spiro atoms. The van der Waals surface area contributed by atoms with E-state index >= 15 is 0 Å². The molecule has 4 aromatic rings. The Hall–Kier alpha value is -4.58. The Morgan fingerprint density at radius 3 is 2.28 bits per heavy atom. The molecule has 0 aliphatic carbocycles. The number of carbonyl (C=O) groups is 2. The molecule has 264 valence electrons. The molecule has 6 atom stereocenters. The molecule has 1 heterocycles. The van der Waals surface area contributed by atoms with Gasteiger partial charge in [0.05, 0.1) is 24.9 Å². The van der Waals surface area contributed by atoms with Gasteiger partial charge in [0.15, 0.2) is 12.4 Å². The number of likely N-dealkylation sites (N-methyl/N-ethyl adjacent to an activating group) is 1. The zero-order valence-electron chi connectivity index (χ0n) is 28.9. The van der Waals surface area contributed by atoms with Crippen LogP contribution in [-0.4, -0.2) is 64.4 Å². The lowest BCUT2D eigenvalue weighted by molar-refractivity contribution is -0.276. The van der Waals surface area contributed by atoms with Crippen molar-refractivity contribution in [3.05, 3.63) is 125 Å². The smallest absolute Gasteiger partial charge is 0.303 e. The molecule has 1 aliphatic heterocycles. The van der Waals surface area contributed by atoms with E-state index in [0.29, 0.717) is 25.2 Å². The number of hydrogen-bond donors (Lipinski definition) is 4. The number of aliphatic hydroxyl groups excluding tert-OH is 2. The predicted molar refractivity (Wildman–Crippen MR) is 188 cm³/mol. The number of benzene rings is 4. The van der Waals surface area contributed by atoms with E-state index < -0.39 is 24.5 Å². The fourth-order valence-electron chi connectivity index (χ4n) is 6.17. The number of rotatable bonds is 13. The van der Waals surface area contributed by atoms with Crippen LogP contribution in [0.4, 0.5) is 0 Å². The van der Waals surface area contributed by atoms with Crippen LogP contribution in [0.2, 0.25) is 0 Å². The number of aromatic hydroxyl groups is 1. The fourth-order valence-corrected chi connectivity index (χ4v) is 6.17. The summed E-state index contributed by atoms with van der Waals surface area (Å²) in [5.41, 5.74) is 6.16. The van der Waals surface area contributed by atoms with Crippen molar-refractivity contribution in [2.45, 2.75) is 64.6 Å². The molecular formula is C40H46N2O8. The minimum atomic E-state index is -0.869. The Morgan fingerprint density at radius 2 is 1.60 bits per heavy atom. The van der Waals surface area contributed by atoms with Crippen molar-refractivity contribution in [3.8, 4) is 16.9 Å². The Kier molecular flexibility index (Phi) is 12.4. The summed E-state index contributed by atoms with van der Waals surface area (Å²) in [6, 6.07) is 30.3. The first-order valence-corrected chi connectivity index (χ1v) is 16.8. The molecule has 0 radical (unpaired) electrons. The third-order valence-corrected chi connectivity index (χ3v) is 8.98. The third-order valence-electron chi connectivity index (χ3n) is 8.98. The quantitative estimate of drug-likeness (QED) is 0.133. The van der Waals surface area contributed by atoms with E-state index in [1.165, 1.54) is 13.8 Å². The Morgan fingerprint density at radius 1 is 0.900 bits per heavy atom. The minimum absolute atomic E-state index is 0.0360. The van der Waals surface area contributed by atoms with Gasteiger partial charge in [-0.2, -0.15) is 0 Å². The average molecular weight is 683 g/mol. The van der Waals surface area contributed by atoms with Gasteiger partial charge in [0.1, 0.15) is 5.75 Å². The van der Waals surface area contributed by atoms with Gasteiger partial charge < -0.3 is 39.7 Å². The number of phenolic OH excluding ortho intramolecular Hbond substituents is 1. The maximum Gasteiger partial charge on any atom is 0.303 e. The van der Waals surface area contributed by atoms with Crippen molar-refractivity contribution in [1.29, 1.82) is 0 Å². The summed E-state index contributed by atoms with van der Waals surface area (Å²) >= 11 is 0. The summed E-state index contributed by atoms with van der Waals surface area (Å²) in [6.45, 7) is 6.03. The largest absolute Gasteiger partial charge is 0.508 e. The zero-order valence-corrected chi connectivity index (χ0v) is 28.9. The molecule has 1 amide bonds. The summed E-state index contributed by atoms with van der Waals surface area (Å²) in [7, 11) is 1.94. The predicted octanol–water partition coefficient (Wildman–Crippen LogP) is 5.58. The van der Waals surface area contributed by atoms with Crippen LogP contribution >= 0.6 is 0 Å². The number of aliphatic hydroxyl groups is 2. The Bertz CT molecular complexity index is 1730. The number of carbonyl (C=O) groups excluding carboxylic acids is 2. The highest BCUT2D eigenvalue weighted by Gasteiger charge is 2.39. The highest BCUT2D eigenvalue weighted by Crippen LogP contribution is 2.42. The topological polar surface area (TPSA) is 138 Å². The van der Waals surface area contributed by atoms with Crippen molar-refractivity contribution in [2.75, 3.05) is 20.1 Å². The van der Waals surface area contributed by atoms with Crippen LogP contribution in [0.25, 0.3) is 11.1 Å². The summed E-state index contributed by atoms with van der Waals surface area (Å²) in [5, 5.41) is 33.2. The van der Waals surface area contributed by atoms with Gasteiger partial charge in [0.2, 0.25) is 0 Å². The molecule has 0 bridgehead atoms. The second-order valence-electron chi connectivity index (χ2n) is 12.9. The monoisotopic (exact) mass is 682 g/mol. The van der Waals surface area contributed by atoms with Crippen LogP contribution in [0, 0.1) is 5.92 Å². The van der Waals surface area contributed by atoms with Crippen molar-refractivity contribution in [1.82, 2.24) is 10.2 Å². The van der Waals surface area contributed by atoms with E-state index in [4.69, 9.17) is 14.2 Å². The van der Waals surface area contributed by atoms with Gasteiger partial charge in [-0.1, -0.05) is 85.8 Å². The van der Waals surface area contributed by atoms with Crippen LogP contribution in [-0.2, 0) is 37.0 Å². The molecule has 1 saturated heterocycles. The van der Waals surface area contributed by atoms with Crippen molar-refractivity contribution >= 4 is 11.9 Å². The standard InChI is InChI=1S/C40H46N2O8/c1-25-37(23-42(4)22-36(46)34-9-6-10-35(45)20-34)49-40(50-38(25)31-13-11-28(24-43)12-14-31)32-17-15-30(16-18-32)33-8-5-7-29(19-33)21-41-39(47)26(2)48-27(3)44/h5-20,25-26,36-38,40,43,45-46H,21-24H2,1-4H3,(H,41,47)/t25-,26-,36+,37+,38+,40+/m0/s1. The number of phenols is 1. The maximum absolute atomic E-state index is 12.3. The van der Waals surface area contributed by atoms with Crippen LogP contribution < -0.4 is 5.32 Å². The fraction of sp³-hybridized carbons (Fsp3) is 0.350. The van der Waals surface area contributed by atoms with E-state index in [9.17, 15) is 24.9 Å². The van der Waals surface area contributed by atoms with Crippen molar-refractivity contribution in [3.63, 3.8) is 0 Å². The second kappa shape index (κ2) is 16.9. The molecule has 4 aromatic carbocycles. The van der Waals surface area contributed by atoms with Gasteiger partial charge in [0, 0.05) is 38.0 Å². The highest BCUT2D eigenvalue weighted by molar-refractivity contribution is 5.82. The van der Waals surface area contributed by atoms with Gasteiger partial charge in [0.25, 0.3) is 5.91 Å². The van der Waals surface area contributed by atoms with E-state index in [2.05, 4.69) is 12.2 Å². The Labute approximate surface area is 293 Å². The molecule has 5 rings (SSSR count). The van der Waals surface area contributed by atoms with E-state index in [1.807, 2.05) is 84.7 Å². The number of amides is 1. The molecule has 0 saturated carbocycles. The first kappa shape index (κ1) is 36.7. The van der Waals surface area contributed by atoms with Gasteiger partial charge in [-0.3, -0.25) is 9.59 Å². The number of nitrogens with zero attached hydrogens (tertiary/aromatic N) is 1. The molecule has 4 N–H and O–H groups in total. The van der Waals surface area contributed by atoms with Gasteiger partial charge in [-0.05, 0) is 65.6 Å². The first-order chi connectivity index (χ1) is 24.0. The molecule has 10 heteroatoms. The lowest BCUT2D eigenvalue weighted by atomic mass is 9.90. The molecule has 0 unspecified atom stereocenters. The van der Waals surface area contributed by atoms with Gasteiger partial charge in [-0.15, -0.1) is 0 Å². The summed E-state index contributed by atoms with van der Waals surface area (Å²) < 4.78 is 18.2. The maximum atomic E-state index is 12.3. The normalized spacial score (nSPS) is 20.2. The third kappa shape index (κ3) is 9.56. The van der Waals surface area contributed by atoms with Crippen LogP contribution in [0.15, 0.2) is 97.1 Å².